The second-order valence-electron chi connectivity index (χ2n) is 7.96. The monoisotopic (exact) mass is 497 g/mol. The summed E-state index contributed by atoms with van der Waals surface area (Å²) in [6.07, 6.45) is -1.70. The largest absolute Gasteiger partial charge is 0.442 e. The average Bonchev–Trinajstić information content (AvgIpc) is 3.05. The number of halogens is 4. The third kappa shape index (κ3) is 5.98. The minimum absolute atomic E-state index is 0.0816. The van der Waals surface area contributed by atoms with Crippen molar-refractivity contribution in [1.82, 2.24) is 15.4 Å². The standard InChI is InChI=1S/C22H23F4N5O4/c23-17-9-15(31-13-16(35-22(31)33)11-28-21(32)20(25)26)10-18(24)19(17)29-5-6-30(34-8-7-29)12-14-1-3-27-4-2-14/h1-4,9-10,16,20H,5-8,11-13H2,(H,28,32)/t16-/m0/s1. The zero-order valence-corrected chi connectivity index (χ0v) is 18.5. The van der Waals surface area contributed by atoms with Crippen LogP contribution in [0.2, 0.25) is 0 Å². The molecule has 1 aromatic heterocycles. The number of amides is 2. The van der Waals surface area contributed by atoms with Crippen molar-refractivity contribution < 1.29 is 36.7 Å². The molecule has 2 saturated heterocycles. The Bertz CT molecular complexity index is 1040. The van der Waals surface area contributed by atoms with Crippen LogP contribution in [0.3, 0.4) is 0 Å². The van der Waals surface area contributed by atoms with Crippen molar-refractivity contribution in [2.75, 3.05) is 49.1 Å². The summed E-state index contributed by atoms with van der Waals surface area (Å²) < 4.78 is 59.7. The number of anilines is 2. The van der Waals surface area contributed by atoms with Gasteiger partial charge in [-0.2, -0.15) is 13.8 Å². The van der Waals surface area contributed by atoms with Gasteiger partial charge in [-0.25, -0.2) is 13.6 Å². The van der Waals surface area contributed by atoms with Crippen molar-refractivity contribution in [1.29, 1.82) is 0 Å². The first kappa shape index (κ1) is 24.7. The second-order valence-corrected chi connectivity index (χ2v) is 7.96. The van der Waals surface area contributed by atoms with E-state index in [-0.39, 0.29) is 37.6 Å². The summed E-state index contributed by atoms with van der Waals surface area (Å²) in [6, 6.07) is 5.73. The number of ether oxygens (including phenoxy) is 1. The SMILES string of the molecule is O=C(NC[C@H]1CN(c2cc(F)c(N3CCON(Cc4ccncc4)CC3)c(F)c2)C(=O)O1)C(F)F. The lowest BCUT2D eigenvalue weighted by Gasteiger charge is -2.24. The minimum atomic E-state index is -3.20. The lowest BCUT2D eigenvalue weighted by Crippen LogP contribution is -2.37. The molecule has 2 amide bonds. The van der Waals surface area contributed by atoms with E-state index in [2.05, 4.69) is 4.98 Å². The van der Waals surface area contributed by atoms with Crippen molar-refractivity contribution in [2.45, 2.75) is 19.1 Å². The highest BCUT2D eigenvalue weighted by Gasteiger charge is 2.34. The summed E-state index contributed by atoms with van der Waals surface area (Å²) in [7, 11) is 0. The third-order valence-electron chi connectivity index (χ3n) is 5.57. The number of cyclic esters (lactones) is 1. The summed E-state index contributed by atoms with van der Waals surface area (Å²) in [5.74, 6) is -3.24. The van der Waals surface area contributed by atoms with Gasteiger partial charge in [0, 0.05) is 50.7 Å². The highest BCUT2D eigenvalue weighted by atomic mass is 19.3. The molecule has 1 N–H and O–H groups in total. The number of aromatic nitrogens is 1. The summed E-state index contributed by atoms with van der Waals surface area (Å²) in [6.45, 7) is 1.15. The van der Waals surface area contributed by atoms with Gasteiger partial charge in [0.1, 0.15) is 11.8 Å². The molecule has 3 heterocycles. The molecule has 35 heavy (non-hydrogen) atoms. The number of hydrogen-bond acceptors (Lipinski definition) is 7. The number of benzene rings is 1. The molecule has 0 aliphatic carbocycles. The molecule has 188 valence electrons. The molecule has 4 rings (SSSR count). The Hall–Kier alpha value is -3.45. The Labute approximate surface area is 198 Å². The van der Waals surface area contributed by atoms with Crippen LogP contribution >= 0.6 is 0 Å². The summed E-state index contributed by atoms with van der Waals surface area (Å²) in [5.41, 5.74) is 0.665. The Morgan fingerprint density at radius 3 is 2.54 bits per heavy atom. The van der Waals surface area contributed by atoms with E-state index < -0.39 is 36.2 Å². The van der Waals surface area contributed by atoms with Crippen LogP contribution in [-0.2, 0) is 20.9 Å². The normalized spacial score (nSPS) is 19.1. The molecule has 2 aliphatic rings. The molecule has 1 atom stereocenters. The molecule has 0 saturated carbocycles. The molecule has 1 aromatic carbocycles. The van der Waals surface area contributed by atoms with Crippen molar-refractivity contribution >= 4 is 23.4 Å². The van der Waals surface area contributed by atoms with Crippen molar-refractivity contribution in [3.05, 3.63) is 53.9 Å². The molecular weight excluding hydrogens is 474 g/mol. The van der Waals surface area contributed by atoms with E-state index in [1.54, 1.807) is 17.5 Å². The first-order valence-corrected chi connectivity index (χ1v) is 10.9. The summed E-state index contributed by atoms with van der Waals surface area (Å²) in [4.78, 5) is 35.4. The topological polar surface area (TPSA) is 87.2 Å². The number of alkyl halides is 2. The maximum Gasteiger partial charge on any atom is 0.414 e. The van der Waals surface area contributed by atoms with E-state index in [4.69, 9.17) is 9.57 Å². The summed E-state index contributed by atoms with van der Waals surface area (Å²) >= 11 is 0. The Morgan fingerprint density at radius 1 is 1.14 bits per heavy atom. The van der Waals surface area contributed by atoms with Gasteiger partial charge in [-0.1, -0.05) is 0 Å². The maximum absolute atomic E-state index is 15.0. The van der Waals surface area contributed by atoms with Crippen LogP contribution in [0, 0.1) is 11.6 Å². The van der Waals surface area contributed by atoms with Gasteiger partial charge < -0.3 is 15.0 Å². The Kier molecular flexibility index (Phi) is 7.66. The van der Waals surface area contributed by atoms with Crippen LogP contribution in [0.5, 0.6) is 0 Å². The smallest absolute Gasteiger partial charge is 0.414 e. The molecular formula is C22H23F4N5O4. The predicted octanol–water partition coefficient (Wildman–Crippen LogP) is 2.32. The van der Waals surface area contributed by atoms with Crippen LogP contribution in [-0.4, -0.2) is 73.9 Å². The zero-order chi connectivity index (χ0) is 24.9. The fraction of sp³-hybridized carbons (Fsp3) is 0.409. The van der Waals surface area contributed by atoms with E-state index in [1.165, 1.54) is 4.90 Å². The fourth-order valence-electron chi connectivity index (χ4n) is 3.87. The number of pyridine rings is 1. The fourth-order valence-corrected chi connectivity index (χ4v) is 3.87. The highest BCUT2D eigenvalue weighted by Crippen LogP contribution is 2.31. The van der Waals surface area contributed by atoms with Crippen molar-refractivity contribution in [2.24, 2.45) is 0 Å². The van der Waals surface area contributed by atoms with Gasteiger partial charge in [-0.3, -0.25) is 19.5 Å². The van der Waals surface area contributed by atoms with Crippen LogP contribution in [0.1, 0.15) is 5.56 Å². The number of nitrogens with zero attached hydrogens (tertiary/aromatic N) is 4. The first-order valence-electron chi connectivity index (χ1n) is 10.9. The minimum Gasteiger partial charge on any atom is -0.442 e. The molecule has 2 aromatic rings. The van der Waals surface area contributed by atoms with Gasteiger partial charge >= 0.3 is 12.5 Å². The number of hydrogen-bond donors (Lipinski definition) is 1. The molecule has 0 unspecified atom stereocenters. The Balaban J connectivity index is 1.40. The molecule has 9 nitrogen and oxygen atoms in total. The quantitative estimate of drug-likeness (QED) is 0.588. The second kappa shape index (κ2) is 10.9. The highest BCUT2D eigenvalue weighted by molar-refractivity contribution is 5.90. The average molecular weight is 497 g/mol. The number of hydroxylamine groups is 2. The first-order chi connectivity index (χ1) is 16.8. The van der Waals surface area contributed by atoms with E-state index in [0.29, 0.717) is 19.6 Å². The number of carbonyl (C=O) groups is 2. The van der Waals surface area contributed by atoms with Gasteiger partial charge in [0.15, 0.2) is 11.6 Å². The van der Waals surface area contributed by atoms with E-state index in [9.17, 15) is 18.4 Å². The molecule has 2 fully saturated rings. The van der Waals surface area contributed by atoms with Gasteiger partial charge in [-0.15, -0.1) is 0 Å². The Morgan fingerprint density at radius 2 is 1.86 bits per heavy atom. The van der Waals surface area contributed by atoms with Crippen LogP contribution in [0.15, 0.2) is 36.7 Å². The van der Waals surface area contributed by atoms with E-state index in [0.717, 1.165) is 22.6 Å². The van der Waals surface area contributed by atoms with Gasteiger partial charge in [0.05, 0.1) is 25.4 Å². The molecule has 0 bridgehead atoms. The van der Waals surface area contributed by atoms with Crippen LogP contribution in [0.25, 0.3) is 0 Å². The number of nitrogens with one attached hydrogen (secondary N) is 1. The predicted molar refractivity (Wildman–Crippen MR) is 116 cm³/mol. The third-order valence-corrected chi connectivity index (χ3v) is 5.57. The zero-order valence-electron chi connectivity index (χ0n) is 18.5. The van der Waals surface area contributed by atoms with E-state index >= 15 is 8.78 Å². The van der Waals surface area contributed by atoms with Crippen molar-refractivity contribution in [3.8, 4) is 0 Å². The maximum atomic E-state index is 15.0. The summed E-state index contributed by atoms with van der Waals surface area (Å²) in [5, 5.41) is 3.66. The van der Waals surface area contributed by atoms with Gasteiger partial charge in [-0.05, 0) is 17.7 Å². The lowest BCUT2D eigenvalue weighted by molar-refractivity contribution is -0.154. The molecule has 0 spiro atoms. The van der Waals surface area contributed by atoms with Crippen molar-refractivity contribution in [3.63, 3.8) is 0 Å². The van der Waals surface area contributed by atoms with Crippen LogP contribution < -0.4 is 15.1 Å². The van der Waals surface area contributed by atoms with Gasteiger partial charge in [0.25, 0.3) is 5.91 Å². The molecule has 0 radical (unpaired) electrons. The molecule has 13 heteroatoms. The molecule has 2 aliphatic heterocycles. The number of carbonyl (C=O) groups excluding carboxylic acids is 2. The number of rotatable bonds is 7. The lowest BCUT2D eigenvalue weighted by atomic mass is 10.2. The van der Waals surface area contributed by atoms with Crippen LogP contribution in [0.4, 0.5) is 33.7 Å². The van der Waals surface area contributed by atoms with E-state index in [1.807, 2.05) is 17.4 Å². The van der Waals surface area contributed by atoms with Gasteiger partial charge in [0.2, 0.25) is 0 Å².